The van der Waals surface area contributed by atoms with E-state index in [0.29, 0.717) is 22.4 Å². The van der Waals surface area contributed by atoms with Gasteiger partial charge >= 0.3 is 0 Å². The first kappa shape index (κ1) is 19.2. The molecule has 5 aromatic rings. The maximum Gasteiger partial charge on any atom is 0.212 e. The molecule has 0 fully saturated rings. The smallest absolute Gasteiger partial charge is 0.212 e. The second-order valence-electron chi connectivity index (χ2n) is 7.23. The van der Waals surface area contributed by atoms with Crippen LogP contribution >= 0.6 is 0 Å². The molecule has 0 amide bonds. The standard InChI is InChI=1S/C23H17FN4O2S/c1-14-5-4-6-16(13-14)28-22(25)21(31(29,30)17-11-9-15(24)10-12-17)20-23(28)27-19-8-3-2-7-18(19)26-20/h2-13H,25H2,1H3. The molecule has 0 bridgehead atoms. The fraction of sp³-hybridized carbons (Fsp3) is 0.0435. The summed E-state index contributed by atoms with van der Waals surface area (Å²) in [5, 5.41) is 0. The number of aryl methyl sites for hydroxylation is 1. The molecule has 0 unspecified atom stereocenters. The van der Waals surface area contributed by atoms with Crippen molar-refractivity contribution in [1.82, 2.24) is 14.5 Å². The lowest BCUT2D eigenvalue weighted by Gasteiger charge is -2.09. The van der Waals surface area contributed by atoms with Crippen LogP contribution in [0.25, 0.3) is 27.9 Å². The number of anilines is 1. The fourth-order valence-corrected chi connectivity index (χ4v) is 5.15. The number of nitrogens with two attached hydrogens (primary N) is 1. The summed E-state index contributed by atoms with van der Waals surface area (Å²) in [4.78, 5) is 9.07. The van der Waals surface area contributed by atoms with Gasteiger partial charge in [-0.1, -0.05) is 24.3 Å². The van der Waals surface area contributed by atoms with E-state index in [1.165, 1.54) is 12.1 Å². The van der Waals surface area contributed by atoms with E-state index in [0.717, 1.165) is 17.7 Å². The summed E-state index contributed by atoms with van der Waals surface area (Å²) in [6.45, 7) is 1.93. The Labute approximate surface area is 177 Å². The monoisotopic (exact) mass is 432 g/mol. The molecular weight excluding hydrogens is 415 g/mol. The average Bonchev–Trinajstić information content (AvgIpc) is 3.03. The van der Waals surface area contributed by atoms with Gasteiger partial charge in [0, 0.05) is 5.69 Å². The van der Waals surface area contributed by atoms with Gasteiger partial charge in [0.2, 0.25) is 9.84 Å². The highest BCUT2D eigenvalue weighted by atomic mass is 32.2. The number of sulfone groups is 1. The fourth-order valence-electron chi connectivity index (χ4n) is 3.66. The van der Waals surface area contributed by atoms with Gasteiger partial charge in [-0.05, 0) is 61.0 Å². The van der Waals surface area contributed by atoms with E-state index in [1.54, 1.807) is 22.8 Å². The summed E-state index contributed by atoms with van der Waals surface area (Å²) in [5.41, 5.74) is 9.77. The Hall–Kier alpha value is -3.78. The zero-order valence-corrected chi connectivity index (χ0v) is 17.3. The molecule has 154 valence electrons. The lowest BCUT2D eigenvalue weighted by molar-refractivity contribution is 0.595. The van der Waals surface area contributed by atoms with Gasteiger partial charge in [0.15, 0.2) is 5.65 Å². The molecule has 0 saturated heterocycles. The minimum atomic E-state index is -4.09. The Morgan fingerprint density at radius 3 is 2.26 bits per heavy atom. The van der Waals surface area contributed by atoms with Crippen molar-refractivity contribution in [1.29, 1.82) is 0 Å². The van der Waals surface area contributed by atoms with Crippen LogP contribution in [0.5, 0.6) is 0 Å². The summed E-state index contributed by atoms with van der Waals surface area (Å²) in [7, 11) is -4.09. The van der Waals surface area contributed by atoms with Gasteiger partial charge in [-0.3, -0.25) is 4.57 Å². The Balaban J connectivity index is 1.91. The second-order valence-corrected chi connectivity index (χ2v) is 9.12. The summed E-state index contributed by atoms with van der Waals surface area (Å²) < 4.78 is 42.1. The van der Waals surface area contributed by atoms with Crippen LogP contribution in [0.15, 0.2) is 82.6 Å². The number of hydrogen-bond acceptors (Lipinski definition) is 5. The first-order valence-electron chi connectivity index (χ1n) is 9.50. The lowest BCUT2D eigenvalue weighted by Crippen LogP contribution is -2.07. The van der Waals surface area contributed by atoms with Gasteiger partial charge in [-0.2, -0.15) is 0 Å². The van der Waals surface area contributed by atoms with Gasteiger partial charge in [-0.15, -0.1) is 0 Å². The Morgan fingerprint density at radius 1 is 0.903 bits per heavy atom. The zero-order chi connectivity index (χ0) is 21.8. The number of nitrogen functional groups attached to an aromatic ring is 1. The van der Waals surface area contributed by atoms with Crippen LogP contribution in [0.1, 0.15) is 5.56 Å². The van der Waals surface area contributed by atoms with E-state index < -0.39 is 15.7 Å². The van der Waals surface area contributed by atoms with Gasteiger partial charge in [0.1, 0.15) is 22.0 Å². The first-order valence-corrected chi connectivity index (χ1v) is 11.0. The Bertz CT molecular complexity index is 1580. The van der Waals surface area contributed by atoms with Crippen molar-refractivity contribution in [2.75, 3.05) is 5.73 Å². The molecule has 2 heterocycles. The minimum absolute atomic E-state index is 0.000214. The number of para-hydroxylation sites is 2. The lowest BCUT2D eigenvalue weighted by atomic mass is 10.2. The average molecular weight is 432 g/mol. The predicted molar refractivity (Wildman–Crippen MR) is 117 cm³/mol. The summed E-state index contributed by atoms with van der Waals surface area (Å²) >= 11 is 0. The molecule has 8 heteroatoms. The highest BCUT2D eigenvalue weighted by molar-refractivity contribution is 7.92. The molecule has 31 heavy (non-hydrogen) atoms. The zero-order valence-electron chi connectivity index (χ0n) is 16.4. The molecule has 0 aliphatic heterocycles. The molecule has 6 nitrogen and oxygen atoms in total. The van der Waals surface area contributed by atoms with Crippen LogP contribution < -0.4 is 5.73 Å². The molecule has 0 spiro atoms. The quantitative estimate of drug-likeness (QED) is 0.426. The third kappa shape index (κ3) is 3.03. The van der Waals surface area contributed by atoms with Crippen molar-refractivity contribution in [2.24, 2.45) is 0 Å². The van der Waals surface area contributed by atoms with E-state index in [2.05, 4.69) is 9.97 Å². The third-order valence-corrected chi connectivity index (χ3v) is 6.94. The number of rotatable bonds is 3. The number of halogens is 1. The summed E-state index contributed by atoms with van der Waals surface area (Å²) in [6, 6.07) is 19.4. The molecule has 0 saturated carbocycles. The highest BCUT2D eigenvalue weighted by Gasteiger charge is 2.30. The van der Waals surface area contributed by atoms with Crippen LogP contribution in [0.3, 0.4) is 0 Å². The summed E-state index contributed by atoms with van der Waals surface area (Å²) in [5.74, 6) is -0.528. The maximum atomic E-state index is 13.5. The van der Waals surface area contributed by atoms with Crippen molar-refractivity contribution in [3.63, 3.8) is 0 Å². The number of aromatic nitrogens is 3. The topological polar surface area (TPSA) is 90.9 Å². The maximum absolute atomic E-state index is 13.5. The van der Waals surface area contributed by atoms with Crippen molar-refractivity contribution >= 4 is 37.9 Å². The molecule has 5 rings (SSSR count). The number of hydrogen-bond donors (Lipinski definition) is 1. The van der Waals surface area contributed by atoms with Crippen molar-refractivity contribution in [2.45, 2.75) is 16.7 Å². The molecule has 2 aromatic heterocycles. The van der Waals surface area contributed by atoms with Crippen LogP contribution in [-0.2, 0) is 9.84 Å². The summed E-state index contributed by atoms with van der Waals surface area (Å²) in [6.07, 6.45) is 0. The number of benzene rings is 3. The van der Waals surface area contributed by atoms with E-state index in [4.69, 9.17) is 5.73 Å². The predicted octanol–water partition coefficient (Wildman–Crippen LogP) is 4.44. The Kier molecular flexibility index (Phi) is 4.26. The van der Waals surface area contributed by atoms with E-state index >= 15 is 0 Å². The van der Waals surface area contributed by atoms with Crippen LogP contribution in [0.2, 0.25) is 0 Å². The van der Waals surface area contributed by atoms with Crippen LogP contribution in [0.4, 0.5) is 10.2 Å². The van der Waals surface area contributed by atoms with Gasteiger partial charge in [0.05, 0.1) is 15.9 Å². The van der Waals surface area contributed by atoms with E-state index in [9.17, 15) is 12.8 Å². The third-order valence-electron chi connectivity index (χ3n) is 5.11. The van der Waals surface area contributed by atoms with Crippen molar-refractivity contribution in [3.8, 4) is 5.69 Å². The number of fused-ring (bicyclic) bond motifs is 2. The number of nitrogens with zero attached hydrogens (tertiary/aromatic N) is 3. The van der Waals surface area contributed by atoms with Crippen LogP contribution in [0, 0.1) is 12.7 Å². The van der Waals surface area contributed by atoms with Gasteiger partial charge in [0.25, 0.3) is 0 Å². The van der Waals surface area contributed by atoms with Crippen molar-refractivity contribution < 1.29 is 12.8 Å². The van der Waals surface area contributed by atoms with E-state index in [-0.39, 0.29) is 21.1 Å². The van der Waals surface area contributed by atoms with Crippen molar-refractivity contribution in [3.05, 3.63) is 84.2 Å². The molecule has 0 aliphatic rings. The highest BCUT2D eigenvalue weighted by Crippen LogP contribution is 2.37. The Morgan fingerprint density at radius 2 is 1.58 bits per heavy atom. The minimum Gasteiger partial charge on any atom is -0.384 e. The van der Waals surface area contributed by atoms with Gasteiger partial charge in [-0.25, -0.2) is 22.8 Å². The second kappa shape index (κ2) is 6.88. The molecule has 2 N–H and O–H groups in total. The largest absolute Gasteiger partial charge is 0.384 e. The SMILES string of the molecule is Cc1cccc(-n2c(N)c(S(=O)(=O)c3ccc(F)cc3)c3nc4ccccc4nc32)c1. The van der Waals surface area contributed by atoms with E-state index in [1.807, 2.05) is 37.3 Å². The molecule has 3 aromatic carbocycles. The molecule has 0 aliphatic carbocycles. The van der Waals surface area contributed by atoms with Gasteiger partial charge < -0.3 is 5.73 Å². The molecule has 0 radical (unpaired) electrons. The molecule has 0 atom stereocenters. The normalized spacial score (nSPS) is 11.9. The first-order chi connectivity index (χ1) is 14.9. The molecular formula is C23H17FN4O2S. The van der Waals surface area contributed by atoms with Crippen LogP contribution in [-0.4, -0.2) is 23.0 Å².